The number of hydrogen-bond acceptors (Lipinski definition) is 8. The molecule has 0 spiro atoms. The third-order valence-electron chi connectivity index (χ3n) is 6.81. The number of likely N-dealkylation sites (tertiary alicyclic amines) is 1. The van der Waals surface area contributed by atoms with Crippen molar-refractivity contribution < 1.29 is 19.2 Å². The highest BCUT2D eigenvalue weighted by atomic mass is 16.6. The normalized spacial score (nSPS) is 13.8. The first-order valence-corrected chi connectivity index (χ1v) is 13.9. The maximum atomic E-state index is 11.9. The number of ether oxygens (including phenoxy) is 1. The SMILES string of the molecule is CCCCOC(=O)NC1CCN(Cc2ccc(Nc3nc(-c4cccc(NC(C)=O)c4)ccc3[N+](=O)[O-])cc2)CC1. The van der Waals surface area contributed by atoms with Crippen molar-refractivity contribution in [3.05, 3.63) is 76.3 Å². The molecule has 2 amide bonds. The number of benzene rings is 2. The average molecular weight is 561 g/mol. The van der Waals surface area contributed by atoms with Crippen LogP contribution >= 0.6 is 0 Å². The van der Waals surface area contributed by atoms with Gasteiger partial charge in [-0.1, -0.05) is 37.6 Å². The van der Waals surface area contributed by atoms with Crippen LogP contribution < -0.4 is 16.0 Å². The zero-order valence-corrected chi connectivity index (χ0v) is 23.4. The molecule has 11 nitrogen and oxygen atoms in total. The molecule has 216 valence electrons. The lowest BCUT2D eigenvalue weighted by atomic mass is 10.0. The molecular weight excluding hydrogens is 524 g/mol. The van der Waals surface area contributed by atoms with E-state index in [9.17, 15) is 19.7 Å². The lowest BCUT2D eigenvalue weighted by Gasteiger charge is -2.32. The van der Waals surface area contributed by atoms with Crippen molar-refractivity contribution >= 4 is 34.9 Å². The van der Waals surface area contributed by atoms with E-state index in [0.717, 1.165) is 56.4 Å². The van der Waals surface area contributed by atoms with Crippen LogP contribution in [0.5, 0.6) is 0 Å². The van der Waals surface area contributed by atoms with Crippen molar-refractivity contribution in [1.29, 1.82) is 0 Å². The van der Waals surface area contributed by atoms with E-state index in [4.69, 9.17) is 4.74 Å². The summed E-state index contributed by atoms with van der Waals surface area (Å²) in [5, 5.41) is 20.5. The number of nitrogens with zero attached hydrogens (tertiary/aromatic N) is 3. The summed E-state index contributed by atoms with van der Waals surface area (Å²) in [6.45, 7) is 6.45. The fourth-order valence-electron chi connectivity index (χ4n) is 4.65. The zero-order chi connectivity index (χ0) is 29.2. The standard InChI is InChI=1S/C30H36N6O5/c1-3-4-18-41-30(38)33-25-14-16-35(17-15-25)20-22-8-10-24(11-9-22)32-29-28(36(39)40)13-12-27(34-29)23-6-5-7-26(19-23)31-21(2)37/h5-13,19,25H,3-4,14-18,20H2,1-2H3,(H,31,37)(H,32,34)(H,33,38). The lowest BCUT2D eigenvalue weighted by molar-refractivity contribution is -0.384. The number of nitro groups is 1. The van der Waals surface area contributed by atoms with Crippen LogP contribution in [0.1, 0.15) is 45.1 Å². The maximum Gasteiger partial charge on any atom is 0.407 e. The number of carbonyl (C=O) groups excluding carboxylic acids is 2. The number of pyridine rings is 1. The molecule has 0 bridgehead atoms. The molecule has 2 aromatic carbocycles. The molecule has 0 radical (unpaired) electrons. The largest absolute Gasteiger partial charge is 0.450 e. The van der Waals surface area contributed by atoms with Gasteiger partial charge < -0.3 is 20.7 Å². The maximum absolute atomic E-state index is 11.9. The molecule has 3 aromatic rings. The number of unbranched alkanes of at least 4 members (excludes halogenated alkanes) is 1. The summed E-state index contributed by atoms with van der Waals surface area (Å²) >= 11 is 0. The van der Waals surface area contributed by atoms with Crippen LogP contribution in [0.3, 0.4) is 0 Å². The summed E-state index contributed by atoms with van der Waals surface area (Å²) in [5.41, 5.74) is 3.53. The topological polar surface area (TPSA) is 139 Å². The summed E-state index contributed by atoms with van der Waals surface area (Å²) in [7, 11) is 0. The first-order chi connectivity index (χ1) is 19.8. The van der Waals surface area contributed by atoms with E-state index in [1.54, 1.807) is 24.3 Å². The van der Waals surface area contributed by atoms with Crippen LogP contribution in [0.4, 0.5) is 27.7 Å². The van der Waals surface area contributed by atoms with Gasteiger partial charge in [0.1, 0.15) is 0 Å². The number of carbonyl (C=O) groups is 2. The van der Waals surface area contributed by atoms with E-state index in [0.29, 0.717) is 23.7 Å². The Labute approximate surface area is 239 Å². The number of rotatable bonds is 11. The van der Waals surface area contributed by atoms with Crippen LogP contribution in [-0.2, 0) is 16.1 Å². The Morgan fingerprint density at radius 3 is 2.51 bits per heavy atom. The summed E-state index contributed by atoms with van der Waals surface area (Å²) in [4.78, 5) is 41.4. The van der Waals surface area contributed by atoms with Gasteiger partial charge in [0.15, 0.2) is 0 Å². The van der Waals surface area contributed by atoms with Crippen molar-refractivity contribution in [2.24, 2.45) is 0 Å². The van der Waals surface area contributed by atoms with Crippen molar-refractivity contribution in [2.45, 2.75) is 52.1 Å². The van der Waals surface area contributed by atoms with Crippen molar-refractivity contribution in [3.8, 4) is 11.3 Å². The molecule has 41 heavy (non-hydrogen) atoms. The first kappa shape index (κ1) is 29.5. The number of alkyl carbamates (subject to hydrolysis) is 1. The predicted molar refractivity (Wildman–Crippen MR) is 158 cm³/mol. The average Bonchev–Trinajstić information content (AvgIpc) is 2.95. The minimum absolute atomic E-state index is 0.124. The van der Waals surface area contributed by atoms with Gasteiger partial charge in [0.25, 0.3) is 0 Å². The second kappa shape index (κ2) is 14.2. The summed E-state index contributed by atoms with van der Waals surface area (Å²) in [6, 6.07) is 18.0. The van der Waals surface area contributed by atoms with Crippen LogP contribution in [-0.4, -0.2) is 52.5 Å². The second-order valence-corrected chi connectivity index (χ2v) is 10.1. The predicted octanol–water partition coefficient (Wildman–Crippen LogP) is 5.85. The van der Waals surface area contributed by atoms with Crippen molar-refractivity contribution in [2.75, 3.05) is 30.3 Å². The van der Waals surface area contributed by atoms with Gasteiger partial charge in [0.05, 0.1) is 17.2 Å². The van der Waals surface area contributed by atoms with Gasteiger partial charge >= 0.3 is 11.8 Å². The van der Waals surface area contributed by atoms with E-state index in [1.807, 2.05) is 30.3 Å². The fraction of sp³-hybridized carbons (Fsp3) is 0.367. The minimum Gasteiger partial charge on any atom is -0.450 e. The van der Waals surface area contributed by atoms with E-state index in [2.05, 4.69) is 32.8 Å². The van der Waals surface area contributed by atoms with E-state index >= 15 is 0 Å². The number of aromatic nitrogens is 1. The van der Waals surface area contributed by atoms with Gasteiger partial charge in [-0.15, -0.1) is 0 Å². The smallest absolute Gasteiger partial charge is 0.407 e. The van der Waals surface area contributed by atoms with Gasteiger partial charge in [-0.3, -0.25) is 19.8 Å². The third-order valence-corrected chi connectivity index (χ3v) is 6.81. The fourth-order valence-corrected chi connectivity index (χ4v) is 4.65. The van der Waals surface area contributed by atoms with Crippen molar-refractivity contribution in [3.63, 3.8) is 0 Å². The summed E-state index contributed by atoms with van der Waals surface area (Å²) in [5.74, 6) is -0.0566. The van der Waals surface area contributed by atoms with Gasteiger partial charge in [0, 0.05) is 55.6 Å². The number of amides is 2. The molecule has 1 saturated heterocycles. The highest BCUT2D eigenvalue weighted by Crippen LogP contribution is 2.30. The molecule has 1 aliphatic heterocycles. The monoisotopic (exact) mass is 560 g/mol. The molecular formula is C30H36N6O5. The van der Waals surface area contributed by atoms with Gasteiger partial charge in [-0.25, -0.2) is 9.78 Å². The molecule has 1 fully saturated rings. The molecule has 11 heteroatoms. The van der Waals surface area contributed by atoms with Gasteiger partial charge in [-0.2, -0.15) is 0 Å². The third kappa shape index (κ3) is 8.74. The minimum atomic E-state index is -0.468. The molecule has 0 atom stereocenters. The van der Waals surface area contributed by atoms with Gasteiger partial charge in [0.2, 0.25) is 11.7 Å². The van der Waals surface area contributed by atoms with Crippen molar-refractivity contribution in [1.82, 2.24) is 15.2 Å². The quantitative estimate of drug-likeness (QED) is 0.151. The summed E-state index contributed by atoms with van der Waals surface area (Å²) < 4.78 is 5.20. The zero-order valence-electron chi connectivity index (χ0n) is 23.4. The molecule has 2 heterocycles. The highest BCUT2D eigenvalue weighted by Gasteiger charge is 2.21. The Balaban J connectivity index is 1.36. The number of nitrogens with one attached hydrogen (secondary N) is 3. The van der Waals surface area contributed by atoms with Crippen LogP contribution in [0.15, 0.2) is 60.7 Å². The van der Waals surface area contributed by atoms with E-state index < -0.39 is 4.92 Å². The van der Waals surface area contributed by atoms with Crippen LogP contribution in [0.25, 0.3) is 11.3 Å². The van der Waals surface area contributed by atoms with Gasteiger partial charge in [-0.05, 0) is 55.2 Å². The Kier molecular flexibility index (Phi) is 10.2. The molecule has 1 aromatic heterocycles. The van der Waals surface area contributed by atoms with Crippen LogP contribution in [0, 0.1) is 10.1 Å². The Morgan fingerprint density at radius 1 is 1.07 bits per heavy atom. The Morgan fingerprint density at radius 2 is 1.83 bits per heavy atom. The summed E-state index contributed by atoms with van der Waals surface area (Å²) in [6.07, 6.45) is 3.25. The van der Waals surface area contributed by atoms with E-state index in [1.165, 1.54) is 13.0 Å². The molecule has 4 rings (SSSR count). The lowest BCUT2D eigenvalue weighted by Crippen LogP contribution is -2.44. The highest BCUT2D eigenvalue weighted by molar-refractivity contribution is 5.89. The Hall–Kier alpha value is -4.51. The van der Waals surface area contributed by atoms with Crippen LogP contribution in [0.2, 0.25) is 0 Å². The number of anilines is 3. The van der Waals surface area contributed by atoms with E-state index in [-0.39, 0.29) is 29.5 Å². The molecule has 1 aliphatic rings. The number of piperidine rings is 1. The molecule has 3 N–H and O–H groups in total. The molecule has 0 saturated carbocycles. The molecule has 0 unspecified atom stereocenters. The first-order valence-electron chi connectivity index (χ1n) is 13.9. The second-order valence-electron chi connectivity index (χ2n) is 10.1. The molecule has 0 aliphatic carbocycles. The number of hydrogen-bond donors (Lipinski definition) is 3. The Bertz CT molecular complexity index is 1360.